The van der Waals surface area contributed by atoms with Crippen LogP contribution in [-0.2, 0) is 28.9 Å². The van der Waals surface area contributed by atoms with Crippen LogP contribution in [-0.4, -0.2) is 36.0 Å². The molecule has 4 aromatic carbocycles. The van der Waals surface area contributed by atoms with Gasteiger partial charge in [-0.2, -0.15) is 0 Å². The van der Waals surface area contributed by atoms with Crippen molar-refractivity contribution >= 4 is 11.8 Å². The number of nitrogens with two attached hydrogens (primary N) is 1. The van der Waals surface area contributed by atoms with Crippen molar-refractivity contribution in [2.45, 2.75) is 70.0 Å². The molecule has 0 radical (unpaired) electrons. The standard InChI is InChI=1S/C42H49FN4O2/c1-4-42(44,5-2)27-12-13-31(3)46-39(30-33-18-22-36(23-19-33)35-16-10-7-11-17-35)41(49)47-38(29-34-20-24-37(43)25-21-34)40(48)45-28-26-32-14-8-6-9-15-32/h6-25,38-39,46H,3-5,26-30,44H2,1-2H3,(H,45,48)(H,47,49)/b13-12+/t38?,39-/m1/s1. The van der Waals surface area contributed by atoms with Crippen molar-refractivity contribution in [2.75, 3.05) is 6.54 Å². The van der Waals surface area contributed by atoms with Crippen LogP contribution in [0.15, 0.2) is 134 Å². The maximum absolute atomic E-state index is 14.1. The van der Waals surface area contributed by atoms with Crippen LogP contribution in [0.1, 0.15) is 49.8 Å². The first kappa shape index (κ1) is 36.8. The Morgan fingerprint density at radius 3 is 1.86 bits per heavy atom. The first-order valence-electron chi connectivity index (χ1n) is 17.1. The Hall–Kier alpha value is -5.01. The number of amides is 2. The van der Waals surface area contributed by atoms with E-state index in [1.807, 2.05) is 84.9 Å². The lowest BCUT2D eigenvalue weighted by Gasteiger charge is -2.25. The maximum atomic E-state index is 14.1. The SMILES string of the molecule is C=C(/C=C/CC(N)(CC)CC)N[C@H](Cc1ccc(-c2ccccc2)cc1)C(=O)NC(Cc1ccc(F)cc1)C(=O)NCCc1ccccc1. The fourth-order valence-corrected chi connectivity index (χ4v) is 5.59. The van der Waals surface area contributed by atoms with Gasteiger partial charge in [-0.15, -0.1) is 0 Å². The Morgan fingerprint density at radius 1 is 0.735 bits per heavy atom. The normalized spacial score (nSPS) is 12.7. The second-order valence-electron chi connectivity index (χ2n) is 12.6. The van der Waals surface area contributed by atoms with E-state index in [1.54, 1.807) is 12.1 Å². The van der Waals surface area contributed by atoms with E-state index in [0.29, 0.717) is 31.5 Å². The zero-order valence-electron chi connectivity index (χ0n) is 28.6. The van der Waals surface area contributed by atoms with Gasteiger partial charge in [-0.05, 0) is 71.7 Å². The highest BCUT2D eigenvalue weighted by Crippen LogP contribution is 2.20. The van der Waals surface area contributed by atoms with Crippen LogP contribution in [0.2, 0.25) is 0 Å². The number of halogens is 1. The van der Waals surface area contributed by atoms with Crippen molar-refractivity contribution in [2.24, 2.45) is 5.73 Å². The first-order chi connectivity index (χ1) is 23.7. The van der Waals surface area contributed by atoms with Crippen LogP contribution in [0.5, 0.6) is 0 Å². The fraction of sp³-hybridized carbons (Fsp3) is 0.286. The second kappa shape index (κ2) is 18.5. The molecule has 0 aliphatic carbocycles. The van der Waals surface area contributed by atoms with Crippen LogP contribution in [0.3, 0.4) is 0 Å². The minimum Gasteiger partial charge on any atom is -0.374 e. The summed E-state index contributed by atoms with van der Waals surface area (Å²) in [4.78, 5) is 27.6. The van der Waals surface area contributed by atoms with E-state index < -0.39 is 12.1 Å². The molecule has 0 saturated heterocycles. The van der Waals surface area contributed by atoms with Crippen molar-refractivity contribution in [3.05, 3.63) is 156 Å². The summed E-state index contributed by atoms with van der Waals surface area (Å²) >= 11 is 0. The van der Waals surface area contributed by atoms with Crippen molar-refractivity contribution < 1.29 is 14.0 Å². The van der Waals surface area contributed by atoms with Crippen molar-refractivity contribution in [1.29, 1.82) is 0 Å². The highest BCUT2D eigenvalue weighted by Gasteiger charge is 2.27. The average Bonchev–Trinajstić information content (AvgIpc) is 3.13. The third-order valence-electron chi connectivity index (χ3n) is 8.97. The van der Waals surface area contributed by atoms with Gasteiger partial charge in [0.1, 0.15) is 17.9 Å². The molecule has 49 heavy (non-hydrogen) atoms. The quantitative estimate of drug-likeness (QED) is 0.0860. The Kier molecular flexibility index (Phi) is 13.9. The Morgan fingerprint density at radius 2 is 1.27 bits per heavy atom. The van der Waals surface area contributed by atoms with E-state index in [1.165, 1.54) is 12.1 Å². The second-order valence-corrected chi connectivity index (χ2v) is 12.6. The lowest BCUT2D eigenvalue weighted by molar-refractivity contribution is -0.129. The number of benzene rings is 4. The van der Waals surface area contributed by atoms with Crippen LogP contribution in [0.25, 0.3) is 11.1 Å². The maximum Gasteiger partial charge on any atom is 0.243 e. The van der Waals surface area contributed by atoms with Gasteiger partial charge in [-0.3, -0.25) is 9.59 Å². The number of hydrogen-bond acceptors (Lipinski definition) is 4. The van der Waals surface area contributed by atoms with Gasteiger partial charge < -0.3 is 21.7 Å². The van der Waals surface area contributed by atoms with E-state index in [2.05, 4.69) is 48.5 Å². The molecule has 0 spiro atoms. The van der Waals surface area contributed by atoms with Crippen LogP contribution < -0.4 is 21.7 Å². The number of allylic oxidation sites excluding steroid dienone is 1. The van der Waals surface area contributed by atoms with Gasteiger partial charge in [0.2, 0.25) is 11.8 Å². The van der Waals surface area contributed by atoms with Crippen LogP contribution in [0.4, 0.5) is 4.39 Å². The first-order valence-corrected chi connectivity index (χ1v) is 17.1. The number of rotatable bonds is 18. The predicted octanol–water partition coefficient (Wildman–Crippen LogP) is 7.06. The summed E-state index contributed by atoms with van der Waals surface area (Å²) in [5.41, 5.74) is 11.7. The predicted molar refractivity (Wildman–Crippen MR) is 198 cm³/mol. The molecule has 0 aliphatic rings. The zero-order chi connectivity index (χ0) is 35.1. The molecule has 0 bridgehead atoms. The highest BCUT2D eigenvalue weighted by atomic mass is 19.1. The fourth-order valence-electron chi connectivity index (χ4n) is 5.59. The molecular weight excluding hydrogens is 611 g/mol. The molecule has 0 saturated carbocycles. The zero-order valence-corrected chi connectivity index (χ0v) is 28.6. The molecule has 1 unspecified atom stereocenters. The van der Waals surface area contributed by atoms with E-state index in [4.69, 9.17) is 5.73 Å². The smallest absolute Gasteiger partial charge is 0.243 e. The van der Waals surface area contributed by atoms with Crippen LogP contribution in [0, 0.1) is 5.82 Å². The molecule has 0 fully saturated rings. The summed E-state index contributed by atoms with van der Waals surface area (Å²) in [6.07, 6.45) is 7.44. The van der Waals surface area contributed by atoms with Crippen molar-refractivity contribution in [1.82, 2.24) is 16.0 Å². The Labute approximate surface area is 290 Å². The topological polar surface area (TPSA) is 96.2 Å². The van der Waals surface area contributed by atoms with E-state index in [-0.39, 0.29) is 29.6 Å². The van der Waals surface area contributed by atoms with Gasteiger partial charge in [0.25, 0.3) is 0 Å². The minimum absolute atomic E-state index is 0.204. The molecule has 2 amide bonds. The minimum atomic E-state index is -0.880. The monoisotopic (exact) mass is 660 g/mol. The summed E-state index contributed by atoms with van der Waals surface area (Å²) < 4.78 is 13.7. The summed E-state index contributed by atoms with van der Waals surface area (Å²) in [6, 6.07) is 32.5. The molecule has 0 heterocycles. The molecule has 7 heteroatoms. The molecule has 4 rings (SSSR count). The molecule has 2 atom stereocenters. The number of nitrogens with one attached hydrogen (secondary N) is 3. The number of carbonyl (C=O) groups is 2. The van der Waals surface area contributed by atoms with Crippen molar-refractivity contribution in [3.8, 4) is 11.1 Å². The lowest BCUT2D eigenvalue weighted by Crippen LogP contribution is -2.54. The van der Waals surface area contributed by atoms with E-state index in [0.717, 1.165) is 40.7 Å². The highest BCUT2D eigenvalue weighted by molar-refractivity contribution is 5.90. The van der Waals surface area contributed by atoms with E-state index in [9.17, 15) is 14.0 Å². The van der Waals surface area contributed by atoms with Gasteiger partial charge in [0.05, 0.1) is 0 Å². The lowest BCUT2D eigenvalue weighted by atomic mass is 9.90. The molecule has 256 valence electrons. The summed E-state index contributed by atoms with van der Waals surface area (Å²) in [7, 11) is 0. The van der Waals surface area contributed by atoms with Gasteiger partial charge >= 0.3 is 0 Å². The molecule has 0 aliphatic heterocycles. The molecular formula is C42H49FN4O2. The summed E-state index contributed by atoms with van der Waals surface area (Å²) in [5, 5.41) is 9.28. The molecule has 0 aromatic heterocycles. The van der Waals surface area contributed by atoms with Gasteiger partial charge in [-0.25, -0.2) is 4.39 Å². The number of hydrogen-bond donors (Lipinski definition) is 4. The third kappa shape index (κ3) is 11.9. The van der Waals surface area contributed by atoms with Gasteiger partial charge in [-0.1, -0.05) is 124 Å². The number of carbonyl (C=O) groups excluding carboxylic acids is 2. The molecule has 4 aromatic rings. The largest absolute Gasteiger partial charge is 0.374 e. The average molecular weight is 661 g/mol. The summed E-state index contributed by atoms with van der Waals surface area (Å²) in [6.45, 7) is 8.73. The summed E-state index contributed by atoms with van der Waals surface area (Å²) in [5.74, 6) is -1.02. The molecule has 5 N–H and O–H groups in total. The van der Waals surface area contributed by atoms with Crippen LogP contribution >= 0.6 is 0 Å². The van der Waals surface area contributed by atoms with Gasteiger partial charge in [0, 0.05) is 30.6 Å². The molecule has 6 nitrogen and oxygen atoms in total. The Balaban J connectivity index is 1.52. The van der Waals surface area contributed by atoms with Gasteiger partial charge in [0.15, 0.2) is 0 Å². The Bertz CT molecular complexity index is 1650. The van der Waals surface area contributed by atoms with E-state index >= 15 is 0 Å². The van der Waals surface area contributed by atoms with Crippen molar-refractivity contribution in [3.63, 3.8) is 0 Å². The third-order valence-corrected chi connectivity index (χ3v) is 8.97.